The van der Waals surface area contributed by atoms with Crippen LogP contribution < -0.4 is 24.0 Å². The number of halogens is 1. The lowest BCUT2D eigenvalue weighted by atomic mass is 9.78. The summed E-state index contributed by atoms with van der Waals surface area (Å²) in [5.74, 6) is 0. The molecule has 0 spiro atoms. The van der Waals surface area contributed by atoms with Crippen molar-refractivity contribution in [1.82, 2.24) is 0 Å². The van der Waals surface area contributed by atoms with Crippen LogP contribution in [-0.4, -0.2) is 17.3 Å². The van der Waals surface area contributed by atoms with Gasteiger partial charge < -0.3 is 24.0 Å². The molecule has 0 saturated heterocycles. The molecule has 0 aromatic heterocycles. The first-order valence-corrected chi connectivity index (χ1v) is 6.38. The number of hydrogen-bond acceptors (Lipinski definition) is 0. The summed E-state index contributed by atoms with van der Waals surface area (Å²) >= 11 is 0. The Morgan fingerprint density at radius 1 is 1.11 bits per heavy atom. The average molecular weight is 357 g/mol. The number of hydrogen-bond donors (Lipinski definition) is 0. The number of rotatable bonds is 0. The van der Waals surface area contributed by atoms with Crippen molar-refractivity contribution in [3.05, 3.63) is 29.3 Å². The molecule has 2 heteroatoms. The molecular weight excluding hydrogens is 333 g/mol. The largest absolute Gasteiger partial charge is 1.00 e. The predicted octanol–water partition coefficient (Wildman–Crippen LogP) is 1.01. The third-order valence-electron chi connectivity index (χ3n) is 4.30. The first-order valence-electron chi connectivity index (χ1n) is 6.38. The molecule has 100 valence electrons. The fourth-order valence-corrected chi connectivity index (χ4v) is 2.59. The van der Waals surface area contributed by atoms with Crippen molar-refractivity contribution in [2.24, 2.45) is 0 Å². The lowest BCUT2D eigenvalue weighted by molar-refractivity contribution is -0.403. The molecule has 0 fully saturated rings. The van der Waals surface area contributed by atoms with Crippen LogP contribution in [0.1, 0.15) is 52.7 Å². The Hall–Kier alpha value is -0.380. The smallest absolute Gasteiger partial charge is 0.209 e. The fourth-order valence-electron chi connectivity index (χ4n) is 2.59. The van der Waals surface area contributed by atoms with Crippen LogP contribution in [0.3, 0.4) is 0 Å². The van der Waals surface area contributed by atoms with Crippen LogP contribution >= 0.6 is 0 Å². The summed E-state index contributed by atoms with van der Waals surface area (Å²) in [5, 5.41) is 0. The van der Waals surface area contributed by atoms with Crippen molar-refractivity contribution in [2.45, 2.75) is 52.4 Å². The second-order valence-corrected chi connectivity index (χ2v) is 6.75. The predicted molar refractivity (Wildman–Crippen MR) is 74.7 cm³/mol. The molecule has 2 rings (SSSR count). The van der Waals surface area contributed by atoms with Crippen molar-refractivity contribution >= 4 is 11.4 Å². The molecule has 1 aromatic carbocycles. The summed E-state index contributed by atoms with van der Waals surface area (Å²) in [6.45, 7) is 13.7. The Balaban J connectivity index is 0.00000162. The van der Waals surface area contributed by atoms with E-state index in [1.54, 1.807) is 0 Å². The zero-order chi connectivity index (χ0) is 13.0. The molecule has 0 radical (unpaired) electrons. The summed E-state index contributed by atoms with van der Waals surface area (Å²) in [6, 6.07) is 6.93. The highest BCUT2D eigenvalue weighted by Crippen LogP contribution is 2.40. The van der Waals surface area contributed by atoms with E-state index in [0.717, 1.165) is 0 Å². The van der Waals surface area contributed by atoms with Gasteiger partial charge in [0.1, 0.15) is 7.05 Å². The lowest BCUT2D eigenvalue weighted by Crippen LogP contribution is -3.00. The molecule has 0 unspecified atom stereocenters. The Labute approximate surface area is 128 Å². The molecule has 0 N–H and O–H groups in total. The van der Waals surface area contributed by atoms with Crippen LogP contribution in [0.5, 0.6) is 0 Å². The molecule has 1 nitrogen and oxygen atoms in total. The highest BCUT2D eigenvalue weighted by Gasteiger charge is 2.41. The normalized spacial score (nSPS) is 17.5. The fraction of sp³-hybridized carbons (Fsp3) is 0.562. The summed E-state index contributed by atoms with van der Waals surface area (Å²) < 4.78 is 2.32. The molecule has 1 aliphatic heterocycles. The second kappa shape index (κ2) is 4.62. The van der Waals surface area contributed by atoms with Crippen LogP contribution in [0, 0.1) is 0 Å². The van der Waals surface area contributed by atoms with Gasteiger partial charge in [-0.25, -0.2) is 4.58 Å². The van der Waals surface area contributed by atoms with Gasteiger partial charge in [-0.05, 0) is 30.9 Å². The van der Waals surface area contributed by atoms with E-state index < -0.39 is 0 Å². The van der Waals surface area contributed by atoms with Crippen molar-refractivity contribution in [3.8, 4) is 0 Å². The van der Waals surface area contributed by atoms with Crippen molar-refractivity contribution in [1.29, 1.82) is 0 Å². The van der Waals surface area contributed by atoms with E-state index >= 15 is 0 Å². The highest BCUT2D eigenvalue weighted by atomic mass is 127. The number of benzene rings is 1. The molecule has 0 aliphatic carbocycles. The van der Waals surface area contributed by atoms with E-state index in [4.69, 9.17) is 0 Å². The van der Waals surface area contributed by atoms with Gasteiger partial charge in [0.15, 0.2) is 5.71 Å². The van der Waals surface area contributed by atoms with Gasteiger partial charge in [-0.1, -0.05) is 26.8 Å². The third kappa shape index (κ3) is 2.24. The van der Waals surface area contributed by atoms with Crippen LogP contribution in [0.2, 0.25) is 0 Å². The summed E-state index contributed by atoms with van der Waals surface area (Å²) in [6.07, 6.45) is 0. The van der Waals surface area contributed by atoms with Gasteiger partial charge >= 0.3 is 0 Å². The molecule has 18 heavy (non-hydrogen) atoms. The monoisotopic (exact) mass is 357 g/mol. The van der Waals surface area contributed by atoms with Gasteiger partial charge in [0.25, 0.3) is 0 Å². The zero-order valence-corrected chi connectivity index (χ0v) is 14.7. The van der Waals surface area contributed by atoms with E-state index in [9.17, 15) is 0 Å². The summed E-state index contributed by atoms with van der Waals surface area (Å²) in [4.78, 5) is 0. The quantitative estimate of drug-likeness (QED) is 0.482. The molecule has 0 atom stereocenters. The second-order valence-electron chi connectivity index (χ2n) is 6.75. The topological polar surface area (TPSA) is 3.01 Å². The number of nitrogens with zero attached hydrogens (tertiary/aromatic N) is 1. The van der Waals surface area contributed by atoms with Crippen molar-refractivity contribution < 1.29 is 28.6 Å². The van der Waals surface area contributed by atoms with Gasteiger partial charge in [-0.3, -0.25) is 0 Å². The van der Waals surface area contributed by atoms with E-state index in [1.165, 1.54) is 22.5 Å². The third-order valence-corrected chi connectivity index (χ3v) is 4.30. The molecule has 0 bridgehead atoms. The molecular formula is C16H24IN. The van der Waals surface area contributed by atoms with E-state index in [1.807, 2.05) is 0 Å². The molecule has 0 saturated carbocycles. The maximum atomic E-state index is 2.39. The molecule has 1 aromatic rings. The van der Waals surface area contributed by atoms with Crippen LogP contribution in [0.15, 0.2) is 18.2 Å². The highest BCUT2D eigenvalue weighted by molar-refractivity contribution is 5.93. The Bertz CT molecular complexity index is 504. The molecule has 0 amide bonds. The Morgan fingerprint density at radius 2 is 1.67 bits per heavy atom. The van der Waals surface area contributed by atoms with E-state index in [0.29, 0.717) is 0 Å². The Morgan fingerprint density at radius 3 is 2.17 bits per heavy atom. The zero-order valence-electron chi connectivity index (χ0n) is 12.6. The van der Waals surface area contributed by atoms with Gasteiger partial charge in [0, 0.05) is 18.6 Å². The maximum Gasteiger partial charge on any atom is 0.209 e. The van der Waals surface area contributed by atoms with Crippen molar-refractivity contribution in [3.63, 3.8) is 0 Å². The first kappa shape index (κ1) is 15.7. The summed E-state index contributed by atoms with van der Waals surface area (Å²) in [7, 11) is 2.17. The van der Waals surface area contributed by atoms with Gasteiger partial charge in [0.2, 0.25) is 5.69 Å². The molecule has 1 heterocycles. The first-order chi connectivity index (χ1) is 7.65. The van der Waals surface area contributed by atoms with E-state index in [2.05, 4.69) is 71.4 Å². The Kier molecular flexibility index (Phi) is 4.03. The minimum Gasteiger partial charge on any atom is -1.00 e. The van der Waals surface area contributed by atoms with Gasteiger partial charge in [-0.15, -0.1) is 0 Å². The lowest BCUT2D eigenvalue weighted by Gasteiger charge is -2.22. The van der Waals surface area contributed by atoms with Crippen LogP contribution in [0.25, 0.3) is 0 Å². The van der Waals surface area contributed by atoms with E-state index in [-0.39, 0.29) is 34.8 Å². The van der Waals surface area contributed by atoms with Gasteiger partial charge in [0.05, 0.1) is 5.41 Å². The minimum atomic E-state index is 0. The van der Waals surface area contributed by atoms with Crippen LogP contribution in [-0.2, 0) is 10.8 Å². The standard InChI is InChI=1S/C16H24N.HI/c1-11-16(5,6)13-10-12(15(2,3)4)8-9-14(13)17(11)7;/h8-10H,1-7H3;1H/q+1;/p-1. The van der Waals surface area contributed by atoms with Crippen molar-refractivity contribution in [2.75, 3.05) is 7.05 Å². The average Bonchev–Trinajstić information content (AvgIpc) is 2.39. The van der Waals surface area contributed by atoms with Crippen LogP contribution in [0.4, 0.5) is 5.69 Å². The number of fused-ring (bicyclic) bond motifs is 1. The summed E-state index contributed by atoms with van der Waals surface area (Å²) in [5.41, 5.74) is 6.06. The maximum absolute atomic E-state index is 2.39. The SMILES string of the molecule is CC1=[N+](C)c2ccc(C(C)(C)C)cc2C1(C)C.[I-]. The minimum absolute atomic E-state index is 0. The molecule has 1 aliphatic rings. The van der Waals surface area contributed by atoms with Gasteiger partial charge in [-0.2, -0.15) is 0 Å².